The summed E-state index contributed by atoms with van der Waals surface area (Å²) in [5.74, 6) is -3.50. The third kappa shape index (κ3) is 2.90. The van der Waals surface area contributed by atoms with Crippen LogP contribution in [-0.2, 0) is 20.7 Å². The predicted molar refractivity (Wildman–Crippen MR) is 64.5 cm³/mol. The van der Waals surface area contributed by atoms with Gasteiger partial charge in [-0.1, -0.05) is 6.07 Å². The van der Waals surface area contributed by atoms with E-state index in [1.54, 1.807) is 0 Å². The summed E-state index contributed by atoms with van der Waals surface area (Å²) in [7, 11) is 1.04. The summed E-state index contributed by atoms with van der Waals surface area (Å²) in [6.45, 7) is 1.14. The molecule has 108 valence electrons. The van der Waals surface area contributed by atoms with Crippen LogP contribution in [0, 0.1) is 21.3 Å². The lowest BCUT2D eigenvalue weighted by atomic mass is 9.83. The maximum atomic E-state index is 13.5. The first-order valence-electron chi connectivity index (χ1n) is 5.47. The Hall–Kier alpha value is -2.51. The number of nitro benzene ring substituents is 1. The molecule has 0 aromatic heterocycles. The van der Waals surface area contributed by atoms with Crippen molar-refractivity contribution in [2.45, 2.75) is 13.3 Å². The first kappa shape index (κ1) is 15.5. The molecule has 1 atom stereocenters. The summed E-state index contributed by atoms with van der Waals surface area (Å²) < 4.78 is 17.9. The number of carbonyl (C=O) groups excluding carboxylic acids is 1. The van der Waals surface area contributed by atoms with Gasteiger partial charge in [0.15, 0.2) is 5.41 Å². The van der Waals surface area contributed by atoms with Crippen molar-refractivity contribution in [1.82, 2.24) is 0 Å². The van der Waals surface area contributed by atoms with Gasteiger partial charge in [0, 0.05) is 6.07 Å². The molecule has 0 bridgehead atoms. The monoisotopic (exact) mass is 285 g/mol. The number of halogens is 1. The number of nitrogens with zero attached hydrogens (tertiary/aromatic N) is 1. The second-order valence-corrected chi connectivity index (χ2v) is 4.35. The van der Waals surface area contributed by atoms with E-state index >= 15 is 0 Å². The molecule has 7 nitrogen and oxygen atoms in total. The van der Waals surface area contributed by atoms with Crippen molar-refractivity contribution in [3.63, 3.8) is 0 Å². The Bertz CT molecular complexity index is 573. The molecule has 0 heterocycles. The van der Waals surface area contributed by atoms with Crippen LogP contribution in [0.2, 0.25) is 0 Å². The highest BCUT2D eigenvalue weighted by Crippen LogP contribution is 2.27. The lowest BCUT2D eigenvalue weighted by Crippen LogP contribution is -2.39. The van der Waals surface area contributed by atoms with Crippen molar-refractivity contribution in [1.29, 1.82) is 0 Å². The minimum atomic E-state index is -1.89. The maximum Gasteiger partial charge on any atom is 0.323 e. The smallest absolute Gasteiger partial charge is 0.323 e. The third-order valence-corrected chi connectivity index (χ3v) is 2.87. The SMILES string of the molecule is COC(=O)C(C)(Cc1ccc([N+](=O)[O-])c(F)c1)C(=O)O. The van der Waals surface area contributed by atoms with E-state index in [0.717, 1.165) is 26.2 Å². The topological polar surface area (TPSA) is 107 Å². The molecule has 8 heteroatoms. The Labute approximate surface area is 113 Å². The lowest BCUT2D eigenvalue weighted by Gasteiger charge is -2.21. The molecule has 1 rings (SSSR count). The average Bonchev–Trinajstić information content (AvgIpc) is 2.36. The lowest BCUT2D eigenvalue weighted by molar-refractivity contribution is -0.387. The van der Waals surface area contributed by atoms with Crippen molar-refractivity contribution in [3.05, 3.63) is 39.7 Å². The molecule has 1 N–H and O–H groups in total. The summed E-state index contributed by atoms with van der Waals surface area (Å²) in [6.07, 6.45) is -0.343. The Balaban J connectivity index is 3.13. The Morgan fingerprint density at radius 2 is 2.10 bits per heavy atom. The second-order valence-electron chi connectivity index (χ2n) is 4.35. The maximum absolute atomic E-state index is 13.5. The molecule has 0 aliphatic carbocycles. The van der Waals surface area contributed by atoms with Gasteiger partial charge in [-0.2, -0.15) is 4.39 Å². The van der Waals surface area contributed by atoms with Crippen LogP contribution in [0.1, 0.15) is 12.5 Å². The van der Waals surface area contributed by atoms with Crippen LogP contribution in [0.5, 0.6) is 0 Å². The van der Waals surface area contributed by atoms with Crippen molar-refractivity contribution in [3.8, 4) is 0 Å². The zero-order valence-electron chi connectivity index (χ0n) is 10.8. The molecule has 1 unspecified atom stereocenters. The van der Waals surface area contributed by atoms with Gasteiger partial charge >= 0.3 is 17.6 Å². The number of nitro groups is 1. The van der Waals surface area contributed by atoms with Gasteiger partial charge in [0.05, 0.1) is 12.0 Å². The molecule has 0 radical (unpaired) electrons. The van der Waals surface area contributed by atoms with Gasteiger partial charge in [0.25, 0.3) is 0 Å². The van der Waals surface area contributed by atoms with E-state index < -0.39 is 33.8 Å². The largest absolute Gasteiger partial charge is 0.480 e. The first-order valence-corrected chi connectivity index (χ1v) is 5.47. The number of hydrogen-bond donors (Lipinski definition) is 1. The van der Waals surface area contributed by atoms with Crippen molar-refractivity contribution >= 4 is 17.6 Å². The van der Waals surface area contributed by atoms with E-state index in [9.17, 15) is 24.1 Å². The second kappa shape index (κ2) is 5.64. The molecule has 0 amide bonds. The Morgan fingerprint density at radius 3 is 2.50 bits per heavy atom. The summed E-state index contributed by atoms with van der Waals surface area (Å²) in [6, 6.07) is 2.96. The molecule has 0 spiro atoms. The number of aliphatic carboxylic acids is 1. The van der Waals surface area contributed by atoms with Crippen LogP contribution in [0.15, 0.2) is 18.2 Å². The molecule has 0 aliphatic heterocycles. The number of benzene rings is 1. The Kier molecular flexibility index (Phi) is 4.38. The molecule has 1 aromatic carbocycles. The van der Waals surface area contributed by atoms with Crippen LogP contribution in [0.3, 0.4) is 0 Å². The molecule has 0 fully saturated rings. The average molecular weight is 285 g/mol. The number of rotatable bonds is 5. The highest BCUT2D eigenvalue weighted by Gasteiger charge is 2.43. The van der Waals surface area contributed by atoms with Crippen LogP contribution >= 0.6 is 0 Å². The van der Waals surface area contributed by atoms with Gasteiger partial charge in [-0.3, -0.25) is 19.7 Å². The van der Waals surface area contributed by atoms with E-state index in [0.29, 0.717) is 0 Å². The number of ether oxygens (including phenoxy) is 1. The van der Waals surface area contributed by atoms with Gasteiger partial charge in [0.1, 0.15) is 0 Å². The summed E-state index contributed by atoms with van der Waals surface area (Å²) in [4.78, 5) is 32.3. The van der Waals surface area contributed by atoms with Crippen LogP contribution in [-0.4, -0.2) is 29.1 Å². The molecule has 0 saturated heterocycles. The number of carboxylic acid groups (broad SMARTS) is 1. The third-order valence-electron chi connectivity index (χ3n) is 2.87. The van der Waals surface area contributed by atoms with Gasteiger partial charge < -0.3 is 9.84 Å². The van der Waals surface area contributed by atoms with Crippen LogP contribution < -0.4 is 0 Å². The highest BCUT2D eigenvalue weighted by atomic mass is 19.1. The number of methoxy groups -OCH3 is 1. The zero-order chi connectivity index (χ0) is 15.5. The Morgan fingerprint density at radius 1 is 1.50 bits per heavy atom. The standard InChI is InChI=1S/C12H12FNO6/c1-12(10(15)16,11(17)20-2)6-7-3-4-9(14(18)19)8(13)5-7/h3-5H,6H2,1-2H3,(H,15,16). The molecule has 20 heavy (non-hydrogen) atoms. The van der Waals surface area contributed by atoms with Crippen molar-refractivity contribution in [2.75, 3.05) is 7.11 Å². The highest BCUT2D eigenvalue weighted by molar-refractivity contribution is 5.98. The first-order chi connectivity index (χ1) is 9.22. The normalized spacial score (nSPS) is 13.3. The fraction of sp³-hybridized carbons (Fsp3) is 0.333. The van der Waals surface area contributed by atoms with E-state index in [1.807, 2.05) is 0 Å². The molecule has 0 aliphatic rings. The van der Waals surface area contributed by atoms with E-state index in [4.69, 9.17) is 5.11 Å². The molecular weight excluding hydrogens is 273 g/mol. The summed E-state index contributed by atoms with van der Waals surface area (Å²) in [5, 5.41) is 19.6. The van der Waals surface area contributed by atoms with Gasteiger partial charge in [0.2, 0.25) is 5.82 Å². The van der Waals surface area contributed by atoms with Crippen molar-refractivity contribution in [2.24, 2.45) is 5.41 Å². The zero-order valence-corrected chi connectivity index (χ0v) is 10.8. The molecular formula is C12H12FNO6. The van der Waals surface area contributed by atoms with Gasteiger partial charge in [-0.05, 0) is 25.0 Å². The van der Waals surface area contributed by atoms with Crippen molar-refractivity contribution < 1.29 is 28.7 Å². The molecule has 0 saturated carbocycles. The van der Waals surface area contributed by atoms with E-state index in [-0.39, 0.29) is 12.0 Å². The minimum Gasteiger partial charge on any atom is -0.480 e. The van der Waals surface area contributed by atoms with E-state index in [2.05, 4.69) is 4.74 Å². The van der Waals surface area contributed by atoms with Gasteiger partial charge in [-0.25, -0.2) is 0 Å². The molecule has 1 aromatic rings. The summed E-state index contributed by atoms with van der Waals surface area (Å²) in [5.41, 5.74) is -2.47. The predicted octanol–water partition coefficient (Wildman–Crippen LogP) is 1.54. The minimum absolute atomic E-state index is 0.142. The van der Waals surface area contributed by atoms with Gasteiger partial charge in [-0.15, -0.1) is 0 Å². The summed E-state index contributed by atoms with van der Waals surface area (Å²) >= 11 is 0. The quantitative estimate of drug-likeness (QED) is 0.380. The van der Waals surface area contributed by atoms with Crippen LogP contribution in [0.25, 0.3) is 0 Å². The fourth-order valence-corrected chi connectivity index (χ4v) is 1.68. The number of carbonyl (C=O) groups is 2. The van der Waals surface area contributed by atoms with Crippen LogP contribution in [0.4, 0.5) is 10.1 Å². The number of esters is 1. The van der Waals surface area contributed by atoms with E-state index in [1.165, 1.54) is 6.07 Å². The fourth-order valence-electron chi connectivity index (χ4n) is 1.68. The number of carboxylic acids is 1. The number of hydrogen-bond acceptors (Lipinski definition) is 5.